The Morgan fingerprint density at radius 2 is 2.06 bits per heavy atom. The van der Waals surface area contributed by atoms with Gasteiger partial charge >= 0.3 is 11.6 Å². The molecular formula is C11H8O5. The van der Waals surface area contributed by atoms with Gasteiger partial charge in [-0.05, 0) is 12.1 Å². The Morgan fingerprint density at radius 3 is 2.69 bits per heavy atom. The largest absolute Gasteiger partial charge is 0.495 e. The Bertz CT molecular complexity index is 611. The van der Waals surface area contributed by atoms with E-state index in [1.165, 1.54) is 7.11 Å². The smallest absolute Gasteiger partial charge is 0.354 e. The lowest BCUT2D eigenvalue weighted by molar-refractivity contribution is 0.0689. The fourth-order valence-electron chi connectivity index (χ4n) is 1.52. The number of benzene rings is 1. The van der Waals surface area contributed by atoms with Gasteiger partial charge in [-0.2, -0.15) is 0 Å². The lowest BCUT2D eigenvalue weighted by Gasteiger charge is -2.06. The number of carboxylic acid groups (broad SMARTS) is 1. The quantitative estimate of drug-likeness (QED) is 0.776. The minimum atomic E-state index is -1.36. The van der Waals surface area contributed by atoms with E-state index >= 15 is 0 Å². The molecule has 2 rings (SSSR count). The highest BCUT2D eigenvalue weighted by Gasteiger charge is 2.20. The van der Waals surface area contributed by atoms with Crippen LogP contribution in [0.25, 0.3) is 11.0 Å². The van der Waals surface area contributed by atoms with E-state index in [0.29, 0.717) is 11.0 Å². The van der Waals surface area contributed by atoms with E-state index in [1.807, 2.05) is 0 Å². The van der Waals surface area contributed by atoms with Crippen molar-refractivity contribution in [3.8, 4) is 5.75 Å². The third kappa shape index (κ3) is 1.42. The summed E-state index contributed by atoms with van der Waals surface area (Å²) in [6.45, 7) is 0. The number of hydrogen-bond acceptors (Lipinski definition) is 4. The van der Waals surface area contributed by atoms with Crippen LogP contribution in [-0.2, 0) is 0 Å². The maximum Gasteiger partial charge on any atom is 0.354 e. The van der Waals surface area contributed by atoms with Crippen molar-refractivity contribution < 1.29 is 19.1 Å². The van der Waals surface area contributed by atoms with Crippen molar-refractivity contribution in [3.05, 3.63) is 40.2 Å². The van der Waals surface area contributed by atoms with Gasteiger partial charge in [0.1, 0.15) is 5.58 Å². The molecule has 0 saturated carbocycles. The van der Waals surface area contributed by atoms with E-state index in [9.17, 15) is 9.59 Å². The summed E-state index contributed by atoms with van der Waals surface area (Å²) in [4.78, 5) is 22.3. The number of aromatic carboxylic acids is 1. The lowest BCUT2D eigenvalue weighted by atomic mass is 10.1. The molecule has 5 nitrogen and oxygen atoms in total. The van der Waals surface area contributed by atoms with E-state index < -0.39 is 17.2 Å². The summed E-state index contributed by atoms with van der Waals surface area (Å²) < 4.78 is 9.84. The first-order valence-corrected chi connectivity index (χ1v) is 4.48. The van der Waals surface area contributed by atoms with Gasteiger partial charge in [0.25, 0.3) is 0 Å². The van der Waals surface area contributed by atoms with Gasteiger partial charge in [-0.15, -0.1) is 0 Å². The van der Waals surface area contributed by atoms with Gasteiger partial charge in [-0.1, -0.05) is 12.1 Å². The Morgan fingerprint density at radius 1 is 1.38 bits per heavy atom. The molecule has 1 aromatic heterocycles. The number of carbonyl (C=O) groups is 1. The number of para-hydroxylation sites is 1. The molecule has 16 heavy (non-hydrogen) atoms. The molecule has 0 spiro atoms. The molecule has 0 saturated heterocycles. The van der Waals surface area contributed by atoms with Crippen molar-refractivity contribution in [1.29, 1.82) is 0 Å². The van der Waals surface area contributed by atoms with Gasteiger partial charge < -0.3 is 14.3 Å². The Kier molecular flexibility index (Phi) is 2.36. The van der Waals surface area contributed by atoms with Crippen LogP contribution >= 0.6 is 0 Å². The maximum atomic E-state index is 11.4. The molecule has 0 unspecified atom stereocenters. The van der Waals surface area contributed by atoms with Gasteiger partial charge in [0, 0.05) is 0 Å². The third-order valence-electron chi connectivity index (χ3n) is 2.18. The third-order valence-corrected chi connectivity index (χ3v) is 2.18. The number of rotatable bonds is 2. The summed E-state index contributed by atoms with van der Waals surface area (Å²) >= 11 is 0. The fraction of sp³-hybridized carbons (Fsp3) is 0.0909. The van der Waals surface area contributed by atoms with Crippen LogP contribution in [-0.4, -0.2) is 18.2 Å². The molecule has 1 heterocycles. The summed E-state index contributed by atoms with van der Waals surface area (Å²) in [5.41, 5.74) is -1.10. The molecular weight excluding hydrogens is 212 g/mol. The first-order chi connectivity index (χ1) is 7.65. The second kappa shape index (κ2) is 3.69. The van der Waals surface area contributed by atoms with Gasteiger partial charge in [0.2, 0.25) is 0 Å². The molecule has 0 radical (unpaired) electrons. The van der Waals surface area contributed by atoms with E-state index in [2.05, 4.69) is 0 Å². The molecule has 0 bridgehead atoms. The number of hydrogen-bond donors (Lipinski definition) is 1. The number of carboxylic acids is 1. The summed E-state index contributed by atoms with van der Waals surface area (Å²) in [6.07, 6.45) is 0. The second-order valence-electron chi connectivity index (χ2n) is 3.10. The van der Waals surface area contributed by atoms with Crippen LogP contribution in [0.2, 0.25) is 0 Å². The molecule has 0 amide bonds. The summed E-state index contributed by atoms with van der Waals surface area (Å²) in [7, 11) is 1.31. The van der Waals surface area contributed by atoms with Gasteiger partial charge in [0.05, 0.1) is 12.5 Å². The molecule has 82 valence electrons. The van der Waals surface area contributed by atoms with Crippen LogP contribution in [0, 0.1) is 0 Å². The van der Waals surface area contributed by atoms with E-state index in [0.717, 1.165) is 0 Å². The first-order valence-electron chi connectivity index (χ1n) is 4.48. The van der Waals surface area contributed by atoms with Crippen LogP contribution in [0.5, 0.6) is 5.75 Å². The number of fused-ring (bicyclic) bond motifs is 1. The van der Waals surface area contributed by atoms with Crippen molar-refractivity contribution in [1.82, 2.24) is 0 Å². The zero-order valence-corrected chi connectivity index (χ0v) is 8.39. The summed E-state index contributed by atoms with van der Waals surface area (Å²) in [5, 5.41) is 9.36. The Balaban J connectivity index is 2.96. The van der Waals surface area contributed by atoms with E-state index in [-0.39, 0.29) is 5.75 Å². The van der Waals surface area contributed by atoms with Crippen LogP contribution < -0.4 is 10.4 Å². The fourth-order valence-corrected chi connectivity index (χ4v) is 1.52. The van der Waals surface area contributed by atoms with Crippen molar-refractivity contribution in [3.63, 3.8) is 0 Å². The van der Waals surface area contributed by atoms with Crippen LogP contribution in [0.1, 0.15) is 10.4 Å². The minimum Gasteiger partial charge on any atom is -0.495 e. The zero-order valence-electron chi connectivity index (χ0n) is 8.39. The van der Waals surface area contributed by atoms with E-state index in [1.54, 1.807) is 24.3 Å². The molecule has 1 aromatic carbocycles. The average Bonchev–Trinajstić information content (AvgIpc) is 2.26. The molecule has 1 N–H and O–H groups in total. The van der Waals surface area contributed by atoms with Crippen molar-refractivity contribution in [2.75, 3.05) is 7.11 Å². The summed E-state index contributed by atoms with van der Waals surface area (Å²) in [6, 6.07) is 6.59. The Hall–Kier alpha value is -2.30. The van der Waals surface area contributed by atoms with Crippen molar-refractivity contribution in [2.24, 2.45) is 0 Å². The highest BCUT2D eigenvalue weighted by molar-refractivity contribution is 5.97. The maximum absolute atomic E-state index is 11.4. The van der Waals surface area contributed by atoms with Crippen LogP contribution in [0.4, 0.5) is 0 Å². The molecule has 0 fully saturated rings. The molecule has 0 aliphatic rings. The number of methoxy groups -OCH3 is 1. The predicted octanol–water partition coefficient (Wildman–Crippen LogP) is 1.50. The lowest BCUT2D eigenvalue weighted by Crippen LogP contribution is -2.15. The SMILES string of the molecule is COc1c(C(=O)O)c(=O)oc2ccccc12. The van der Waals surface area contributed by atoms with Crippen LogP contribution in [0.3, 0.4) is 0 Å². The monoisotopic (exact) mass is 220 g/mol. The average molecular weight is 220 g/mol. The standard InChI is InChI=1S/C11H8O5/c1-15-9-6-4-2-3-5-7(6)16-11(14)8(9)10(12)13/h2-5H,1H3,(H,12,13). The highest BCUT2D eigenvalue weighted by atomic mass is 16.5. The summed E-state index contributed by atoms with van der Waals surface area (Å²) in [5.74, 6) is -1.34. The van der Waals surface area contributed by atoms with Gasteiger partial charge in [-0.3, -0.25) is 0 Å². The molecule has 2 aromatic rings. The predicted molar refractivity (Wildman–Crippen MR) is 56.0 cm³/mol. The second-order valence-corrected chi connectivity index (χ2v) is 3.10. The molecule has 5 heteroatoms. The minimum absolute atomic E-state index is 0.0272. The van der Waals surface area contributed by atoms with Crippen molar-refractivity contribution >= 4 is 16.9 Å². The first kappa shape index (κ1) is 10.2. The highest BCUT2D eigenvalue weighted by Crippen LogP contribution is 2.26. The topological polar surface area (TPSA) is 76.7 Å². The van der Waals surface area contributed by atoms with Crippen LogP contribution in [0.15, 0.2) is 33.5 Å². The number of ether oxygens (including phenoxy) is 1. The van der Waals surface area contributed by atoms with Gasteiger partial charge in [-0.25, -0.2) is 9.59 Å². The van der Waals surface area contributed by atoms with Gasteiger partial charge in [0.15, 0.2) is 11.3 Å². The molecule has 0 aliphatic carbocycles. The van der Waals surface area contributed by atoms with Crippen molar-refractivity contribution in [2.45, 2.75) is 0 Å². The van der Waals surface area contributed by atoms with E-state index in [4.69, 9.17) is 14.3 Å². The molecule has 0 atom stereocenters. The normalized spacial score (nSPS) is 10.3. The zero-order chi connectivity index (χ0) is 11.7. The Labute approximate surface area is 89.9 Å². The molecule has 0 aliphatic heterocycles.